The van der Waals surface area contributed by atoms with Gasteiger partial charge in [0, 0.05) is 18.0 Å². The van der Waals surface area contributed by atoms with Crippen molar-refractivity contribution in [1.82, 2.24) is 19.6 Å². The van der Waals surface area contributed by atoms with E-state index in [1.165, 1.54) is 12.8 Å². The van der Waals surface area contributed by atoms with E-state index in [9.17, 15) is 4.79 Å². The van der Waals surface area contributed by atoms with Crippen molar-refractivity contribution in [3.8, 4) is 17.0 Å². The van der Waals surface area contributed by atoms with E-state index in [1.54, 1.807) is 31.3 Å². The number of anilines is 1. The van der Waals surface area contributed by atoms with E-state index in [0.29, 0.717) is 11.6 Å². The number of hydrogen-bond acceptors (Lipinski definition) is 6. The van der Waals surface area contributed by atoms with E-state index in [2.05, 4.69) is 53.4 Å². The van der Waals surface area contributed by atoms with E-state index in [1.807, 2.05) is 16.8 Å². The predicted molar refractivity (Wildman–Crippen MR) is 137 cm³/mol. The number of aromatic amines is 1. The summed E-state index contributed by atoms with van der Waals surface area (Å²) in [6.45, 7) is 4.17. The highest BCUT2D eigenvalue weighted by Gasteiger charge is 2.30. The average Bonchev–Trinajstić information content (AvgIpc) is 3.57. The van der Waals surface area contributed by atoms with Gasteiger partial charge in [0.1, 0.15) is 16.5 Å². The molecule has 176 valence electrons. The van der Waals surface area contributed by atoms with Gasteiger partial charge in [-0.05, 0) is 61.8 Å². The quantitative estimate of drug-likeness (QED) is 0.333. The second-order valence-electron chi connectivity index (χ2n) is 8.93. The molecule has 34 heavy (non-hydrogen) atoms. The smallest absolute Gasteiger partial charge is 0.271 e. The van der Waals surface area contributed by atoms with E-state index in [4.69, 9.17) is 9.84 Å². The van der Waals surface area contributed by atoms with Gasteiger partial charge in [0.25, 0.3) is 5.56 Å². The number of aromatic nitrogens is 4. The molecule has 3 heterocycles. The Morgan fingerprint density at radius 1 is 1.29 bits per heavy atom. The third-order valence-corrected chi connectivity index (χ3v) is 7.06. The third kappa shape index (κ3) is 4.18. The first-order valence-electron chi connectivity index (χ1n) is 11.5. The van der Waals surface area contributed by atoms with E-state index < -0.39 is 0 Å². The van der Waals surface area contributed by atoms with Crippen LogP contribution in [0.3, 0.4) is 0 Å². The second-order valence-corrected chi connectivity index (χ2v) is 9.73. The molecule has 1 fully saturated rings. The monoisotopic (exact) mass is 475 g/mol. The zero-order valence-electron chi connectivity index (χ0n) is 19.9. The summed E-state index contributed by atoms with van der Waals surface area (Å²) in [4.78, 5) is 19.8. The molecule has 3 aromatic heterocycles. The summed E-state index contributed by atoms with van der Waals surface area (Å²) in [7, 11) is 1.70. The highest BCUT2D eigenvalue weighted by atomic mass is 32.2. The summed E-state index contributed by atoms with van der Waals surface area (Å²) in [6.07, 6.45) is 8.51. The van der Waals surface area contributed by atoms with Gasteiger partial charge >= 0.3 is 0 Å². The topological polar surface area (TPSA) is 84.3 Å². The van der Waals surface area contributed by atoms with Gasteiger partial charge in [0.2, 0.25) is 0 Å². The van der Waals surface area contributed by atoms with Crippen molar-refractivity contribution >= 4 is 23.0 Å². The summed E-state index contributed by atoms with van der Waals surface area (Å²) < 4.78 is 7.73. The Morgan fingerprint density at radius 2 is 2.12 bits per heavy atom. The maximum atomic E-state index is 12.6. The minimum Gasteiger partial charge on any atom is -0.496 e. The number of methoxy groups -OCH3 is 1. The second kappa shape index (κ2) is 9.18. The van der Waals surface area contributed by atoms with Crippen LogP contribution in [0.25, 0.3) is 16.8 Å². The van der Waals surface area contributed by atoms with Crippen LogP contribution in [-0.4, -0.2) is 32.9 Å². The number of aryl methyl sites for hydroxylation is 2. The first kappa shape index (κ1) is 22.5. The molecule has 2 N–H and O–H groups in total. The number of hydrogen-bond donors (Lipinski definition) is 2. The van der Waals surface area contributed by atoms with Crippen LogP contribution in [-0.2, 0) is 0 Å². The molecule has 8 heteroatoms. The molecule has 1 unspecified atom stereocenters. The fourth-order valence-electron chi connectivity index (χ4n) is 4.65. The molecule has 1 saturated carbocycles. The molecule has 0 amide bonds. The molecule has 1 atom stereocenters. The number of ether oxygens (including phenoxy) is 1. The number of benzene rings is 1. The number of nitrogens with zero attached hydrogens (tertiary/aromatic N) is 3. The summed E-state index contributed by atoms with van der Waals surface area (Å²) >= 11 is 1.59. The van der Waals surface area contributed by atoms with Crippen molar-refractivity contribution in [3.63, 3.8) is 0 Å². The van der Waals surface area contributed by atoms with Gasteiger partial charge in [0.15, 0.2) is 0 Å². The Kier molecular flexibility index (Phi) is 6.08. The van der Waals surface area contributed by atoms with Gasteiger partial charge in [0.05, 0.1) is 30.0 Å². The number of H-pyrrole nitrogens is 1. The highest BCUT2D eigenvalue weighted by Crippen LogP contribution is 2.41. The number of fused-ring (bicyclic) bond motifs is 1. The maximum Gasteiger partial charge on any atom is 0.271 e. The molecule has 1 aliphatic rings. The molecule has 0 saturated heterocycles. The first-order valence-corrected chi connectivity index (χ1v) is 12.7. The average molecular weight is 476 g/mol. The van der Waals surface area contributed by atoms with Crippen LogP contribution in [0.5, 0.6) is 5.75 Å². The number of rotatable bonds is 8. The van der Waals surface area contributed by atoms with Crippen molar-refractivity contribution in [2.24, 2.45) is 5.92 Å². The van der Waals surface area contributed by atoms with Crippen LogP contribution in [0.2, 0.25) is 0 Å². The van der Waals surface area contributed by atoms with Gasteiger partial charge in [-0.3, -0.25) is 9.78 Å². The Hall–Kier alpha value is -3.26. The molecule has 0 bridgehead atoms. The lowest BCUT2D eigenvalue weighted by Gasteiger charge is -2.19. The lowest BCUT2D eigenvalue weighted by Crippen LogP contribution is -2.23. The molecular weight excluding hydrogens is 446 g/mol. The van der Waals surface area contributed by atoms with Crippen molar-refractivity contribution in [1.29, 1.82) is 0 Å². The van der Waals surface area contributed by atoms with Gasteiger partial charge in [-0.2, -0.15) is 5.10 Å². The number of thioether (sulfide) groups is 1. The van der Waals surface area contributed by atoms with Gasteiger partial charge in [-0.1, -0.05) is 25.0 Å². The van der Waals surface area contributed by atoms with Gasteiger partial charge < -0.3 is 15.0 Å². The highest BCUT2D eigenvalue weighted by molar-refractivity contribution is 7.98. The maximum absolute atomic E-state index is 12.6. The third-order valence-electron chi connectivity index (χ3n) is 6.39. The lowest BCUT2D eigenvalue weighted by atomic mass is 10.0. The summed E-state index contributed by atoms with van der Waals surface area (Å²) in [6, 6.07) is 10.2. The van der Waals surface area contributed by atoms with Crippen molar-refractivity contribution < 1.29 is 4.74 Å². The summed E-state index contributed by atoms with van der Waals surface area (Å²) in [5.41, 5.74) is 6.52. The van der Waals surface area contributed by atoms with Gasteiger partial charge in [-0.15, -0.1) is 11.8 Å². The normalized spacial score (nSPS) is 14.4. The molecule has 1 aliphatic carbocycles. The van der Waals surface area contributed by atoms with Crippen molar-refractivity contribution in [3.05, 3.63) is 69.9 Å². The van der Waals surface area contributed by atoms with Crippen LogP contribution < -0.4 is 15.6 Å². The Balaban J connectivity index is 1.65. The van der Waals surface area contributed by atoms with Crippen molar-refractivity contribution in [2.75, 3.05) is 18.7 Å². The number of pyridine rings is 1. The standard InChI is InChI=1S/C26H29N5O2S/c1-15-12-16(2)22(21(13-15)33-3)19-6-5-7-20-24(26(34-4)30-31(19)20)29-18(14-17-8-9-17)23-25(32)28-11-10-27-23/h5-7,10-13,17-18,29H,8-9,14H2,1-4H3,(H,28,32). The lowest BCUT2D eigenvalue weighted by molar-refractivity contribution is 0.415. The summed E-state index contributed by atoms with van der Waals surface area (Å²) in [5, 5.41) is 9.51. The minimum atomic E-state index is -0.185. The molecule has 0 aliphatic heterocycles. The molecule has 7 nitrogen and oxygen atoms in total. The molecule has 0 radical (unpaired) electrons. The zero-order valence-corrected chi connectivity index (χ0v) is 20.7. The fraction of sp³-hybridized carbons (Fsp3) is 0.346. The molecular formula is C26H29N5O2S. The van der Waals surface area contributed by atoms with E-state index in [-0.39, 0.29) is 11.6 Å². The van der Waals surface area contributed by atoms with Crippen LogP contribution in [0.1, 0.15) is 42.1 Å². The van der Waals surface area contributed by atoms with Crippen LogP contribution in [0, 0.1) is 19.8 Å². The SMILES string of the molecule is COc1cc(C)cc(C)c1-c1cccc2c(NC(CC3CC3)c3ncc[nH]c3=O)c(SC)nn12. The van der Waals surface area contributed by atoms with Crippen molar-refractivity contribution in [2.45, 2.75) is 44.2 Å². The molecule has 4 aromatic rings. The van der Waals surface area contributed by atoms with Crippen LogP contribution in [0.15, 0.2) is 52.5 Å². The Bertz CT molecular complexity index is 1410. The molecule has 1 aromatic carbocycles. The minimum absolute atomic E-state index is 0.150. The van der Waals surface area contributed by atoms with E-state index in [0.717, 1.165) is 50.8 Å². The molecule has 0 spiro atoms. The first-order chi connectivity index (χ1) is 16.5. The predicted octanol–water partition coefficient (Wildman–Crippen LogP) is 5.39. The van der Waals surface area contributed by atoms with Crippen LogP contribution in [0.4, 0.5) is 5.69 Å². The van der Waals surface area contributed by atoms with Gasteiger partial charge in [-0.25, -0.2) is 4.52 Å². The zero-order chi connectivity index (χ0) is 23.8. The largest absolute Gasteiger partial charge is 0.496 e. The fourth-order valence-corrected chi connectivity index (χ4v) is 5.18. The Morgan fingerprint density at radius 3 is 2.82 bits per heavy atom. The summed E-state index contributed by atoms with van der Waals surface area (Å²) in [5.74, 6) is 1.45. The Labute approximate surface area is 203 Å². The number of nitrogens with one attached hydrogen (secondary N) is 2. The van der Waals surface area contributed by atoms with Crippen LogP contribution >= 0.6 is 11.8 Å². The molecule has 5 rings (SSSR count). The van der Waals surface area contributed by atoms with E-state index >= 15 is 0 Å².